The Morgan fingerprint density at radius 3 is 2.83 bits per heavy atom. The number of hydrogen-bond acceptors (Lipinski definition) is 6. The van der Waals surface area contributed by atoms with Gasteiger partial charge in [0.1, 0.15) is 27.9 Å². The molecule has 1 aliphatic rings. The van der Waals surface area contributed by atoms with Crippen LogP contribution in [0.1, 0.15) is 12.0 Å². The van der Waals surface area contributed by atoms with E-state index >= 15 is 0 Å². The Labute approximate surface area is 182 Å². The molecule has 1 aliphatic heterocycles. The third-order valence-electron chi connectivity index (χ3n) is 4.66. The summed E-state index contributed by atoms with van der Waals surface area (Å²) in [6, 6.07) is 13.2. The molecule has 1 saturated heterocycles. The Hall–Kier alpha value is -2.53. The molecule has 0 unspecified atom stereocenters. The number of aromatic nitrogens is 1. The molecule has 11 heteroatoms. The maximum Gasteiger partial charge on any atom is 0.250 e. The van der Waals surface area contributed by atoms with E-state index in [1.165, 1.54) is 11.0 Å². The van der Waals surface area contributed by atoms with Crippen molar-refractivity contribution in [3.63, 3.8) is 0 Å². The first-order chi connectivity index (χ1) is 14.3. The molecule has 0 radical (unpaired) electrons. The highest BCUT2D eigenvalue weighted by atomic mass is 35.5. The molecular weight excluding hydrogens is 446 g/mol. The van der Waals surface area contributed by atoms with Crippen molar-refractivity contribution in [1.82, 2.24) is 14.6 Å². The molecule has 0 aliphatic carbocycles. The summed E-state index contributed by atoms with van der Waals surface area (Å²) in [5, 5.41) is 0.286. The molecule has 0 bridgehead atoms. The highest BCUT2D eigenvalue weighted by Gasteiger charge is 2.35. The molecule has 156 valence electrons. The zero-order valence-electron chi connectivity index (χ0n) is 15.7. The highest BCUT2D eigenvalue weighted by Crippen LogP contribution is 2.29. The van der Waals surface area contributed by atoms with Crippen LogP contribution in [-0.2, 0) is 14.8 Å². The first-order valence-electron chi connectivity index (χ1n) is 9.06. The van der Waals surface area contributed by atoms with Crippen LogP contribution in [0.25, 0.3) is 10.2 Å². The molecule has 1 amide bonds. The molecule has 4 rings (SSSR count). The lowest BCUT2D eigenvalue weighted by atomic mass is 10.2. The van der Waals surface area contributed by atoms with E-state index in [-0.39, 0.29) is 21.9 Å². The molecule has 1 atom stereocenters. The van der Waals surface area contributed by atoms with Crippen molar-refractivity contribution in [2.24, 2.45) is 10.7 Å². The standard InChI is InChI=1S/C19H18ClN5O3S2/c20-16-7-6-15-14(23-16)10-17(29-15)30(27,28)24-13-8-9-25(19(13)26)11-22-18(21)12-4-2-1-3-5-12/h1-7,10,13,24H,8-9,11H2,(H2,21,22)/t13-/m0/s1. The van der Waals surface area contributed by atoms with Gasteiger partial charge < -0.3 is 10.6 Å². The average molecular weight is 464 g/mol. The van der Waals surface area contributed by atoms with Gasteiger partial charge in [-0.15, -0.1) is 11.3 Å². The molecule has 30 heavy (non-hydrogen) atoms. The summed E-state index contributed by atoms with van der Waals surface area (Å²) in [6.45, 7) is 0.463. The number of hydrogen-bond donors (Lipinski definition) is 2. The number of carbonyl (C=O) groups is 1. The van der Waals surface area contributed by atoms with Crippen LogP contribution in [-0.4, -0.2) is 49.3 Å². The molecule has 0 saturated carbocycles. The molecule has 0 spiro atoms. The monoisotopic (exact) mass is 463 g/mol. The fourth-order valence-electron chi connectivity index (χ4n) is 3.10. The Morgan fingerprint density at radius 2 is 2.07 bits per heavy atom. The van der Waals surface area contributed by atoms with Crippen molar-refractivity contribution < 1.29 is 13.2 Å². The lowest BCUT2D eigenvalue weighted by molar-refractivity contribution is -0.128. The number of fused-ring (bicyclic) bond motifs is 1. The largest absolute Gasteiger partial charge is 0.383 e. The summed E-state index contributed by atoms with van der Waals surface area (Å²) in [6.07, 6.45) is 0.355. The predicted molar refractivity (Wildman–Crippen MR) is 117 cm³/mol. The van der Waals surface area contributed by atoms with Crippen LogP contribution in [0.15, 0.2) is 57.7 Å². The van der Waals surface area contributed by atoms with Crippen LogP contribution in [0, 0.1) is 0 Å². The van der Waals surface area contributed by atoms with Gasteiger partial charge in [-0.05, 0) is 24.6 Å². The maximum atomic E-state index is 12.8. The van der Waals surface area contributed by atoms with E-state index < -0.39 is 16.1 Å². The molecule has 1 aromatic carbocycles. The van der Waals surface area contributed by atoms with E-state index in [4.69, 9.17) is 17.3 Å². The van der Waals surface area contributed by atoms with Gasteiger partial charge in [-0.25, -0.2) is 18.4 Å². The lowest BCUT2D eigenvalue weighted by Crippen LogP contribution is -2.41. The predicted octanol–water partition coefficient (Wildman–Crippen LogP) is 2.19. The summed E-state index contributed by atoms with van der Waals surface area (Å²) < 4.78 is 28.8. The first kappa shape index (κ1) is 20.7. The van der Waals surface area contributed by atoms with Crippen molar-refractivity contribution >= 4 is 54.9 Å². The van der Waals surface area contributed by atoms with Crippen LogP contribution < -0.4 is 10.5 Å². The third-order valence-corrected chi connectivity index (χ3v) is 7.90. The number of rotatable bonds is 6. The highest BCUT2D eigenvalue weighted by molar-refractivity contribution is 7.91. The van der Waals surface area contributed by atoms with E-state index in [1.807, 2.05) is 30.3 Å². The van der Waals surface area contributed by atoms with Crippen molar-refractivity contribution in [3.8, 4) is 0 Å². The van der Waals surface area contributed by atoms with Crippen molar-refractivity contribution in [2.45, 2.75) is 16.7 Å². The fraction of sp³-hybridized carbons (Fsp3) is 0.211. The normalized spacial score (nSPS) is 17.8. The topological polar surface area (TPSA) is 118 Å². The van der Waals surface area contributed by atoms with Gasteiger partial charge in [0, 0.05) is 12.1 Å². The number of amides is 1. The zero-order chi connectivity index (χ0) is 21.3. The number of benzene rings is 1. The minimum atomic E-state index is -3.87. The Balaban J connectivity index is 1.44. The Kier molecular flexibility index (Phi) is 5.74. The van der Waals surface area contributed by atoms with Gasteiger partial charge in [-0.2, -0.15) is 4.72 Å². The Bertz CT molecular complexity index is 1230. The van der Waals surface area contributed by atoms with E-state index in [1.54, 1.807) is 12.1 Å². The number of nitrogens with two attached hydrogens (primary N) is 1. The SMILES string of the molecule is NC(=NCN1CC[C@H](NS(=O)(=O)c2cc3nc(Cl)ccc3s2)C1=O)c1ccccc1. The summed E-state index contributed by atoms with van der Waals surface area (Å²) in [4.78, 5) is 22.5. The quantitative estimate of drug-likeness (QED) is 0.330. The van der Waals surface area contributed by atoms with Crippen LogP contribution in [0.4, 0.5) is 0 Å². The number of halogens is 1. The lowest BCUT2D eigenvalue weighted by Gasteiger charge is -2.15. The zero-order valence-corrected chi connectivity index (χ0v) is 18.0. The number of thiophene rings is 1. The van der Waals surface area contributed by atoms with Crippen LogP contribution >= 0.6 is 22.9 Å². The van der Waals surface area contributed by atoms with Gasteiger partial charge in [0.15, 0.2) is 0 Å². The molecular formula is C19H18ClN5O3S2. The second-order valence-electron chi connectivity index (χ2n) is 6.70. The summed E-state index contributed by atoms with van der Waals surface area (Å²) in [5.74, 6) is -0.00525. The minimum Gasteiger partial charge on any atom is -0.383 e. The number of aliphatic imine (C=N–C) groups is 1. The van der Waals surface area contributed by atoms with Gasteiger partial charge in [0.25, 0.3) is 10.0 Å². The van der Waals surface area contributed by atoms with E-state index in [9.17, 15) is 13.2 Å². The number of carbonyl (C=O) groups excluding carboxylic acids is 1. The number of sulfonamides is 1. The molecule has 3 heterocycles. The van der Waals surface area contributed by atoms with Crippen LogP contribution in [0.2, 0.25) is 5.15 Å². The summed E-state index contributed by atoms with van der Waals surface area (Å²) >= 11 is 6.94. The number of amidine groups is 1. The van der Waals surface area contributed by atoms with Crippen molar-refractivity contribution in [3.05, 3.63) is 59.2 Å². The van der Waals surface area contributed by atoms with Crippen LogP contribution in [0.3, 0.4) is 0 Å². The van der Waals surface area contributed by atoms with Gasteiger partial charge in [-0.1, -0.05) is 41.9 Å². The minimum absolute atomic E-state index is 0.0725. The van der Waals surface area contributed by atoms with Gasteiger partial charge >= 0.3 is 0 Å². The van der Waals surface area contributed by atoms with Crippen molar-refractivity contribution in [2.75, 3.05) is 13.2 Å². The molecule has 1 fully saturated rings. The molecule has 3 aromatic rings. The fourth-order valence-corrected chi connectivity index (χ4v) is 5.82. The molecule has 3 N–H and O–H groups in total. The van der Waals surface area contributed by atoms with Gasteiger partial charge in [0.2, 0.25) is 5.91 Å². The maximum absolute atomic E-state index is 12.8. The van der Waals surface area contributed by atoms with Gasteiger partial charge in [-0.3, -0.25) is 4.79 Å². The van der Waals surface area contributed by atoms with Gasteiger partial charge in [0.05, 0.1) is 10.2 Å². The average Bonchev–Trinajstić information content (AvgIpc) is 3.31. The number of nitrogens with zero attached hydrogens (tertiary/aromatic N) is 3. The van der Waals surface area contributed by atoms with E-state index in [0.29, 0.717) is 29.0 Å². The number of nitrogens with one attached hydrogen (secondary N) is 1. The number of pyridine rings is 1. The van der Waals surface area contributed by atoms with E-state index in [0.717, 1.165) is 16.9 Å². The molecule has 2 aromatic heterocycles. The second kappa shape index (κ2) is 8.31. The first-order valence-corrected chi connectivity index (χ1v) is 11.7. The smallest absolute Gasteiger partial charge is 0.250 e. The van der Waals surface area contributed by atoms with Crippen molar-refractivity contribution in [1.29, 1.82) is 0 Å². The Morgan fingerprint density at radius 1 is 1.30 bits per heavy atom. The second-order valence-corrected chi connectivity index (χ2v) is 10.1. The van der Waals surface area contributed by atoms with E-state index in [2.05, 4.69) is 14.7 Å². The third kappa shape index (κ3) is 4.31. The van der Waals surface area contributed by atoms with Crippen LogP contribution in [0.5, 0.6) is 0 Å². The summed E-state index contributed by atoms with van der Waals surface area (Å²) in [7, 11) is -3.87. The molecule has 8 nitrogen and oxygen atoms in total. The summed E-state index contributed by atoms with van der Waals surface area (Å²) in [5.41, 5.74) is 7.23. The number of likely N-dealkylation sites (tertiary alicyclic amines) is 1.